The lowest BCUT2D eigenvalue weighted by molar-refractivity contribution is -0.134. The van der Waals surface area contributed by atoms with Gasteiger partial charge in [0.2, 0.25) is 0 Å². The Morgan fingerprint density at radius 3 is 1.30 bits per heavy atom. The molecule has 0 rings (SSSR count). The summed E-state index contributed by atoms with van der Waals surface area (Å²) in [6.45, 7) is 6.00. The van der Waals surface area contributed by atoms with Crippen molar-refractivity contribution in [1.82, 2.24) is 0 Å². The Balaban J connectivity index is 0. The number of hydrogen-bond donors (Lipinski definition) is 2. The largest absolute Gasteiger partial charge is 0.478 e. The normalized spacial score (nSPS) is 8.00. The third-order valence-corrected chi connectivity index (χ3v) is 0.368. The molecule has 0 heterocycles. The van der Waals surface area contributed by atoms with Gasteiger partial charge in [-0.3, -0.25) is 0 Å². The van der Waals surface area contributed by atoms with Crippen molar-refractivity contribution in [3.8, 4) is 0 Å². The van der Waals surface area contributed by atoms with Crippen molar-refractivity contribution in [1.29, 1.82) is 0 Å². The second kappa shape index (κ2) is 7.42. The van der Waals surface area contributed by atoms with Gasteiger partial charge in [0.05, 0.1) is 0 Å². The topological polar surface area (TPSA) is 74.6 Å². The van der Waals surface area contributed by atoms with Crippen LogP contribution in [0.3, 0.4) is 0 Å². The lowest BCUT2D eigenvalue weighted by Crippen LogP contribution is -1.91. The molecule has 0 amide bonds. The zero-order valence-electron chi connectivity index (χ0n) is 5.28. The van der Waals surface area contributed by atoms with Crippen LogP contribution in [0.5, 0.6) is 0 Å². The summed E-state index contributed by atoms with van der Waals surface area (Å²) in [6.07, 6.45) is 1.12. The van der Waals surface area contributed by atoms with Gasteiger partial charge in [0.25, 0.3) is 0 Å². The summed E-state index contributed by atoms with van der Waals surface area (Å²) >= 11 is 0. The van der Waals surface area contributed by atoms with E-state index in [1.807, 2.05) is 0 Å². The number of hydrogen-bond acceptors (Lipinski definition) is 2. The second-order valence-corrected chi connectivity index (χ2v) is 1.01. The van der Waals surface area contributed by atoms with Gasteiger partial charge in [0.15, 0.2) is 0 Å². The fraction of sp³-hybridized carbons (Fsp3) is 0. The molecule has 0 aliphatic carbocycles. The number of carboxylic acid groups (broad SMARTS) is 2. The smallest absolute Gasteiger partial charge is 0.328 e. The van der Waals surface area contributed by atoms with E-state index in [9.17, 15) is 9.59 Å². The minimum Gasteiger partial charge on any atom is -0.478 e. The molecule has 0 radical (unpaired) electrons. The summed E-state index contributed by atoms with van der Waals surface area (Å²) in [7, 11) is 0. The molecule has 0 saturated heterocycles. The molecule has 0 aromatic heterocycles. The van der Waals surface area contributed by atoms with Gasteiger partial charge in [-0.05, 0) is 0 Å². The van der Waals surface area contributed by atoms with Crippen molar-refractivity contribution >= 4 is 11.9 Å². The van der Waals surface area contributed by atoms with Crippen LogP contribution in [0.15, 0.2) is 25.3 Å². The van der Waals surface area contributed by atoms with E-state index >= 15 is 0 Å². The molecule has 10 heavy (non-hydrogen) atoms. The van der Waals surface area contributed by atoms with E-state index in [0.717, 1.165) is 0 Å². The predicted octanol–water partition coefficient (Wildman–Crippen LogP) is 0.514. The van der Waals surface area contributed by atoms with Crippen LogP contribution in [-0.4, -0.2) is 22.2 Å². The molecule has 0 aliphatic heterocycles. The average Bonchev–Trinajstić information content (AvgIpc) is 1.89. The maximum absolute atomic E-state index is 9.55. The van der Waals surface area contributed by atoms with Crippen LogP contribution in [0, 0.1) is 0 Å². The number of aliphatic carboxylic acids is 2. The van der Waals surface area contributed by atoms with Crippen LogP contribution in [0.1, 0.15) is 0 Å². The molecule has 0 saturated carbocycles. The summed E-state index contributed by atoms with van der Waals surface area (Å²) < 4.78 is 0. The van der Waals surface area contributed by atoms with Crippen molar-refractivity contribution < 1.29 is 19.8 Å². The molecule has 56 valence electrons. The first-order valence-electron chi connectivity index (χ1n) is 2.27. The van der Waals surface area contributed by atoms with Gasteiger partial charge in [-0.25, -0.2) is 9.59 Å². The molecule has 0 aromatic carbocycles. The maximum atomic E-state index is 9.55. The molecule has 0 fully saturated rings. The molecule has 0 atom stereocenters. The summed E-state index contributed by atoms with van der Waals surface area (Å²) in [5.74, 6) is -2.51. The first-order valence-corrected chi connectivity index (χ1v) is 2.27. The summed E-state index contributed by atoms with van der Waals surface area (Å²) in [5.41, 5.74) is 0. The fourth-order valence-electron chi connectivity index (χ4n) is 0.143. The summed E-state index contributed by atoms with van der Waals surface area (Å²) in [4.78, 5) is 19.1. The maximum Gasteiger partial charge on any atom is 0.328 e. The molecular weight excluding hydrogens is 136 g/mol. The number of carbonyl (C=O) groups is 2. The van der Waals surface area contributed by atoms with Gasteiger partial charge in [-0.1, -0.05) is 0 Å². The zero-order valence-corrected chi connectivity index (χ0v) is 5.28. The van der Waals surface area contributed by atoms with Gasteiger partial charge in [-0.15, -0.1) is 13.2 Å². The highest BCUT2D eigenvalue weighted by Gasteiger charge is 1.88. The quantitative estimate of drug-likeness (QED) is 0.437. The highest BCUT2D eigenvalue weighted by molar-refractivity contribution is 5.89. The molecule has 0 unspecified atom stereocenters. The standard InChI is InChI=1S/C4H4O4.C2H4/c5-3(6)1-2-4(7)8;1-2/h1-2H,(H,5,6)(H,7,8);1-2H2. The Morgan fingerprint density at radius 2 is 1.20 bits per heavy atom. The molecular formula is C6H8O4. The van der Waals surface area contributed by atoms with Crippen LogP contribution in [0.25, 0.3) is 0 Å². The van der Waals surface area contributed by atoms with Gasteiger partial charge in [0.1, 0.15) is 0 Å². The number of carboxylic acids is 2. The molecule has 4 nitrogen and oxygen atoms in total. The van der Waals surface area contributed by atoms with E-state index in [0.29, 0.717) is 12.2 Å². The highest BCUT2D eigenvalue weighted by Crippen LogP contribution is 1.70. The lowest BCUT2D eigenvalue weighted by atomic mass is 10.5. The van der Waals surface area contributed by atoms with Gasteiger partial charge in [0, 0.05) is 12.2 Å². The molecule has 4 heteroatoms. The summed E-state index contributed by atoms with van der Waals surface area (Å²) in [5, 5.41) is 15.6. The average molecular weight is 144 g/mol. The number of rotatable bonds is 2. The van der Waals surface area contributed by atoms with Crippen molar-refractivity contribution in [3.63, 3.8) is 0 Å². The third kappa shape index (κ3) is 16.1. The molecule has 0 aromatic rings. The first-order chi connectivity index (χ1) is 4.63. The fourth-order valence-corrected chi connectivity index (χ4v) is 0.143. The van der Waals surface area contributed by atoms with Gasteiger partial charge in [-0.2, -0.15) is 0 Å². The van der Waals surface area contributed by atoms with Crippen LogP contribution >= 0.6 is 0 Å². The first kappa shape index (κ1) is 11.2. The minimum absolute atomic E-state index is 0.558. The highest BCUT2D eigenvalue weighted by atomic mass is 16.4. The van der Waals surface area contributed by atoms with E-state index in [4.69, 9.17) is 10.2 Å². The molecule has 0 aliphatic rings. The Labute approximate surface area is 58.1 Å². The minimum atomic E-state index is -1.26. The van der Waals surface area contributed by atoms with Crippen molar-refractivity contribution in [3.05, 3.63) is 25.3 Å². The molecule has 2 N–H and O–H groups in total. The van der Waals surface area contributed by atoms with Crippen LogP contribution in [0.4, 0.5) is 0 Å². The van der Waals surface area contributed by atoms with Crippen LogP contribution < -0.4 is 0 Å². The van der Waals surface area contributed by atoms with Gasteiger partial charge >= 0.3 is 11.9 Å². The SMILES string of the molecule is C=C.O=C(O)C=CC(=O)O. The Kier molecular flexibility index (Phi) is 8.35. The van der Waals surface area contributed by atoms with E-state index < -0.39 is 11.9 Å². The van der Waals surface area contributed by atoms with Crippen molar-refractivity contribution in [2.45, 2.75) is 0 Å². The second-order valence-electron chi connectivity index (χ2n) is 1.01. The van der Waals surface area contributed by atoms with E-state index in [1.54, 1.807) is 0 Å². The van der Waals surface area contributed by atoms with Crippen LogP contribution in [0.2, 0.25) is 0 Å². The summed E-state index contributed by atoms with van der Waals surface area (Å²) in [6, 6.07) is 0. The van der Waals surface area contributed by atoms with Gasteiger partial charge < -0.3 is 10.2 Å². The van der Waals surface area contributed by atoms with E-state index in [-0.39, 0.29) is 0 Å². The van der Waals surface area contributed by atoms with Crippen molar-refractivity contribution in [2.75, 3.05) is 0 Å². The predicted molar refractivity (Wildman–Crippen MR) is 35.7 cm³/mol. The lowest BCUT2D eigenvalue weighted by Gasteiger charge is -1.74. The van der Waals surface area contributed by atoms with E-state index in [2.05, 4.69) is 13.2 Å². The van der Waals surface area contributed by atoms with Crippen LogP contribution in [-0.2, 0) is 9.59 Å². The zero-order chi connectivity index (χ0) is 8.57. The Bertz CT molecular complexity index is 132. The van der Waals surface area contributed by atoms with Crippen molar-refractivity contribution in [2.24, 2.45) is 0 Å². The molecule has 0 bridgehead atoms. The monoisotopic (exact) mass is 144 g/mol. The molecule has 0 spiro atoms. The Morgan fingerprint density at radius 1 is 1.00 bits per heavy atom. The van der Waals surface area contributed by atoms with E-state index in [1.165, 1.54) is 0 Å². The Hall–Kier alpha value is -1.58. The third-order valence-electron chi connectivity index (χ3n) is 0.368.